The third kappa shape index (κ3) is 2.87. The van der Waals surface area contributed by atoms with Gasteiger partial charge in [0.1, 0.15) is 27.1 Å². The zero-order chi connectivity index (χ0) is 21.6. The lowest BCUT2D eigenvalue weighted by molar-refractivity contribution is -0.116. The lowest BCUT2D eigenvalue weighted by Crippen LogP contribution is -2.25. The second kappa shape index (κ2) is 7.20. The molecule has 0 spiro atoms. The molecule has 0 bridgehead atoms. The second-order valence-electron chi connectivity index (χ2n) is 6.71. The SMILES string of the molecule is COc1ccc([C@H]2CC(=O)Nc3sc(=N)c4c(N)c(C#N)c(N)nc4c32)cc1OC. The van der Waals surface area contributed by atoms with E-state index in [4.69, 9.17) is 26.4 Å². The number of ether oxygens (including phenoxy) is 2. The Balaban J connectivity index is 2.05. The summed E-state index contributed by atoms with van der Waals surface area (Å²) in [7, 11) is 3.09. The van der Waals surface area contributed by atoms with Gasteiger partial charge in [0, 0.05) is 17.9 Å². The molecule has 1 atom stereocenters. The van der Waals surface area contributed by atoms with Gasteiger partial charge >= 0.3 is 0 Å². The van der Waals surface area contributed by atoms with E-state index in [0.29, 0.717) is 33.0 Å². The van der Waals surface area contributed by atoms with E-state index in [2.05, 4.69) is 10.3 Å². The molecular formula is C20H18N6O3S. The van der Waals surface area contributed by atoms with E-state index in [-0.39, 0.29) is 40.0 Å². The first kappa shape index (κ1) is 19.5. The average Bonchev–Trinajstić information content (AvgIpc) is 2.72. The molecule has 10 heteroatoms. The molecule has 3 heterocycles. The number of hydrogen-bond donors (Lipinski definition) is 4. The van der Waals surface area contributed by atoms with E-state index in [0.717, 1.165) is 16.9 Å². The highest BCUT2D eigenvalue weighted by atomic mass is 32.1. The van der Waals surface area contributed by atoms with Gasteiger partial charge in [-0.15, -0.1) is 0 Å². The van der Waals surface area contributed by atoms with E-state index < -0.39 is 0 Å². The molecule has 0 fully saturated rings. The Kier molecular flexibility index (Phi) is 4.67. The largest absolute Gasteiger partial charge is 0.493 e. The number of fused-ring (bicyclic) bond motifs is 3. The summed E-state index contributed by atoms with van der Waals surface area (Å²) in [4.78, 5) is 16.8. The summed E-state index contributed by atoms with van der Waals surface area (Å²) in [5.74, 6) is 0.551. The molecule has 0 unspecified atom stereocenters. The van der Waals surface area contributed by atoms with Crippen molar-refractivity contribution in [2.24, 2.45) is 0 Å². The zero-order valence-corrected chi connectivity index (χ0v) is 17.0. The van der Waals surface area contributed by atoms with Gasteiger partial charge < -0.3 is 26.3 Å². The van der Waals surface area contributed by atoms with Gasteiger partial charge in [-0.05, 0) is 17.7 Å². The van der Waals surface area contributed by atoms with Crippen LogP contribution >= 0.6 is 11.3 Å². The fourth-order valence-electron chi connectivity index (χ4n) is 3.72. The zero-order valence-electron chi connectivity index (χ0n) is 16.2. The summed E-state index contributed by atoms with van der Waals surface area (Å²) >= 11 is 1.08. The number of nitrogens with one attached hydrogen (secondary N) is 2. The third-order valence-electron chi connectivity index (χ3n) is 5.11. The first-order chi connectivity index (χ1) is 14.4. The number of aromatic nitrogens is 1. The van der Waals surface area contributed by atoms with Crippen LogP contribution in [-0.4, -0.2) is 25.1 Å². The normalized spacial score (nSPS) is 15.2. The van der Waals surface area contributed by atoms with E-state index in [1.165, 1.54) is 0 Å². The highest BCUT2D eigenvalue weighted by Gasteiger charge is 2.32. The van der Waals surface area contributed by atoms with Crippen LogP contribution in [0.4, 0.5) is 16.5 Å². The standard InChI is InChI=1S/C20H18N6O3S/c1-28-11-4-3-8(5-12(11)29-2)9-6-13(27)25-20-14(9)17-15(19(24)30-20)16(22)10(7-21)18(23)26-17/h3-5,9,24H,6H2,1-2H3,(H,25,27)(H4,22,23,26)/t9-/m1/s1. The van der Waals surface area contributed by atoms with Crippen LogP contribution in [0.2, 0.25) is 0 Å². The Morgan fingerprint density at radius 2 is 2.03 bits per heavy atom. The number of nitrogen functional groups attached to an aromatic ring is 2. The minimum Gasteiger partial charge on any atom is -0.493 e. The highest BCUT2D eigenvalue weighted by molar-refractivity contribution is 7.14. The topological polar surface area (TPSA) is 160 Å². The van der Waals surface area contributed by atoms with Crippen molar-refractivity contribution in [3.8, 4) is 17.6 Å². The van der Waals surface area contributed by atoms with Crippen LogP contribution in [0.25, 0.3) is 10.9 Å². The van der Waals surface area contributed by atoms with Crippen LogP contribution in [0.3, 0.4) is 0 Å². The van der Waals surface area contributed by atoms with Gasteiger partial charge in [-0.25, -0.2) is 4.98 Å². The summed E-state index contributed by atoms with van der Waals surface area (Å²) in [6, 6.07) is 7.39. The van der Waals surface area contributed by atoms with E-state index in [1.807, 2.05) is 18.2 Å². The number of methoxy groups -OCH3 is 2. The number of pyridine rings is 1. The number of anilines is 3. The fourth-order valence-corrected chi connectivity index (χ4v) is 4.74. The molecule has 1 aliphatic heterocycles. The third-order valence-corrected chi connectivity index (χ3v) is 6.04. The number of nitrogens with two attached hydrogens (primary N) is 2. The van der Waals surface area contributed by atoms with Gasteiger partial charge in [0.15, 0.2) is 11.5 Å². The Bertz CT molecular complexity index is 1310. The van der Waals surface area contributed by atoms with Crippen molar-refractivity contribution in [3.05, 3.63) is 39.6 Å². The summed E-state index contributed by atoms with van der Waals surface area (Å²) in [6.45, 7) is 0. The fraction of sp³-hybridized carbons (Fsp3) is 0.200. The minimum atomic E-state index is -0.368. The van der Waals surface area contributed by atoms with Crippen LogP contribution in [0.5, 0.6) is 11.5 Å². The molecule has 0 saturated heterocycles. The van der Waals surface area contributed by atoms with Crippen molar-refractivity contribution in [2.45, 2.75) is 12.3 Å². The number of nitriles is 1. The second-order valence-corrected chi connectivity index (χ2v) is 7.74. The number of amides is 1. The van der Waals surface area contributed by atoms with Gasteiger partial charge in [-0.2, -0.15) is 5.26 Å². The van der Waals surface area contributed by atoms with E-state index >= 15 is 0 Å². The monoisotopic (exact) mass is 422 g/mol. The molecule has 152 valence electrons. The molecular weight excluding hydrogens is 404 g/mol. The number of carbonyl (C=O) groups is 1. The molecule has 0 aliphatic carbocycles. The molecule has 3 aromatic rings. The number of rotatable bonds is 3. The van der Waals surface area contributed by atoms with Gasteiger partial charge in [0.2, 0.25) is 5.91 Å². The van der Waals surface area contributed by atoms with E-state index in [9.17, 15) is 10.1 Å². The Labute approximate surface area is 175 Å². The van der Waals surface area contributed by atoms with Crippen molar-refractivity contribution >= 4 is 44.7 Å². The first-order valence-electron chi connectivity index (χ1n) is 8.91. The van der Waals surface area contributed by atoms with Crippen LogP contribution in [-0.2, 0) is 4.79 Å². The number of nitrogens with zero attached hydrogens (tertiary/aromatic N) is 2. The predicted octanol–water partition coefficient (Wildman–Crippen LogP) is 2.30. The van der Waals surface area contributed by atoms with Gasteiger partial charge in [-0.1, -0.05) is 17.4 Å². The molecule has 1 amide bonds. The van der Waals surface area contributed by atoms with Gasteiger partial charge in [0.25, 0.3) is 0 Å². The average molecular weight is 422 g/mol. The number of carbonyl (C=O) groups excluding carboxylic acids is 1. The summed E-state index contributed by atoms with van der Waals surface area (Å²) in [5, 5.41) is 21.5. The van der Waals surface area contributed by atoms with Crippen molar-refractivity contribution in [1.82, 2.24) is 4.98 Å². The van der Waals surface area contributed by atoms with E-state index in [1.54, 1.807) is 20.3 Å². The van der Waals surface area contributed by atoms with Crippen molar-refractivity contribution in [2.75, 3.05) is 31.0 Å². The van der Waals surface area contributed by atoms with Crippen LogP contribution in [0.15, 0.2) is 18.2 Å². The Morgan fingerprint density at radius 3 is 2.70 bits per heavy atom. The maximum Gasteiger partial charge on any atom is 0.225 e. The predicted molar refractivity (Wildman–Crippen MR) is 114 cm³/mol. The van der Waals surface area contributed by atoms with Crippen molar-refractivity contribution in [3.63, 3.8) is 0 Å². The molecule has 30 heavy (non-hydrogen) atoms. The molecule has 9 nitrogen and oxygen atoms in total. The highest BCUT2D eigenvalue weighted by Crippen LogP contribution is 2.44. The lowest BCUT2D eigenvalue weighted by atomic mass is 9.85. The Hall–Kier alpha value is -3.84. The van der Waals surface area contributed by atoms with Crippen LogP contribution in [0, 0.1) is 16.7 Å². The number of benzene rings is 1. The smallest absolute Gasteiger partial charge is 0.225 e. The van der Waals surface area contributed by atoms with Crippen molar-refractivity contribution < 1.29 is 14.3 Å². The summed E-state index contributed by atoms with van der Waals surface area (Å²) in [5.41, 5.74) is 14.3. The maximum absolute atomic E-state index is 12.4. The molecule has 0 saturated carbocycles. The molecule has 6 N–H and O–H groups in total. The van der Waals surface area contributed by atoms with Gasteiger partial charge in [0.05, 0.1) is 30.8 Å². The first-order valence-corrected chi connectivity index (χ1v) is 9.73. The number of hydrogen-bond acceptors (Lipinski definition) is 9. The minimum absolute atomic E-state index is 0.0109. The summed E-state index contributed by atoms with van der Waals surface area (Å²) < 4.78 is 10.8. The Morgan fingerprint density at radius 1 is 1.30 bits per heavy atom. The van der Waals surface area contributed by atoms with Crippen LogP contribution in [0.1, 0.15) is 29.0 Å². The van der Waals surface area contributed by atoms with Crippen molar-refractivity contribution in [1.29, 1.82) is 10.7 Å². The molecule has 4 rings (SSSR count). The molecule has 1 aromatic carbocycles. The summed E-state index contributed by atoms with van der Waals surface area (Å²) in [6.07, 6.45) is 0.170. The quantitative estimate of drug-likeness (QED) is 0.503. The molecule has 0 radical (unpaired) electrons. The maximum atomic E-state index is 12.4. The molecule has 1 aliphatic rings. The molecule has 2 aromatic heterocycles. The van der Waals surface area contributed by atoms with Crippen LogP contribution < -0.4 is 30.9 Å². The van der Waals surface area contributed by atoms with Gasteiger partial charge in [-0.3, -0.25) is 10.2 Å². The lowest BCUT2D eigenvalue weighted by Gasteiger charge is -2.27.